The highest BCUT2D eigenvalue weighted by Gasteiger charge is 2.28. The summed E-state index contributed by atoms with van der Waals surface area (Å²) in [5.74, 6) is -0.317. The third-order valence-electron chi connectivity index (χ3n) is 3.12. The summed E-state index contributed by atoms with van der Waals surface area (Å²) in [6.45, 7) is 3.61. The van der Waals surface area contributed by atoms with Crippen molar-refractivity contribution in [1.82, 2.24) is 5.32 Å². The van der Waals surface area contributed by atoms with Crippen molar-refractivity contribution in [1.29, 1.82) is 0 Å². The quantitative estimate of drug-likeness (QED) is 0.899. The molecule has 0 spiro atoms. The van der Waals surface area contributed by atoms with Crippen molar-refractivity contribution in [2.75, 3.05) is 18.4 Å². The summed E-state index contributed by atoms with van der Waals surface area (Å²) in [5, 5.41) is 5.87. The van der Waals surface area contributed by atoms with E-state index in [0.717, 1.165) is 13.1 Å². The van der Waals surface area contributed by atoms with Gasteiger partial charge in [0.15, 0.2) is 0 Å². The van der Waals surface area contributed by atoms with Gasteiger partial charge in [0.05, 0.1) is 5.02 Å². The van der Waals surface area contributed by atoms with Gasteiger partial charge in [-0.05, 0) is 37.2 Å². The van der Waals surface area contributed by atoms with E-state index in [1.807, 2.05) is 6.92 Å². The SMILES string of the molecule is CC(C(=O)Nc1ccc(Cl)c(F)c1)C1CNC1.Cl. The van der Waals surface area contributed by atoms with Crippen molar-refractivity contribution in [2.24, 2.45) is 11.8 Å². The Hall–Kier alpha value is -0.840. The summed E-state index contributed by atoms with van der Waals surface area (Å²) in [7, 11) is 0. The van der Waals surface area contributed by atoms with Crippen molar-refractivity contribution in [3.05, 3.63) is 29.0 Å². The Kier molecular flexibility index (Phi) is 5.38. The number of benzene rings is 1. The molecule has 1 unspecified atom stereocenters. The largest absolute Gasteiger partial charge is 0.326 e. The van der Waals surface area contributed by atoms with Crippen LogP contribution in [0.5, 0.6) is 0 Å². The Morgan fingerprint density at radius 2 is 2.22 bits per heavy atom. The lowest BCUT2D eigenvalue weighted by molar-refractivity contribution is -0.121. The number of halogens is 3. The summed E-state index contributed by atoms with van der Waals surface area (Å²) in [4.78, 5) is 11.8. The number of carbonyl (C=O) groups excluding carboxylic acids is 1. The molecule has 0 saturated carbocycles. The minimum absolute atomic E-state index is 0. The van der Waals surface area contributed by atoms with Crippen molar-refractivity contribution in [2.45, 2.75) is 6.92 Å². The van der Waals surface area contributed by atoms with Crippen LogP contribution in [0.3, 0.4) is 0 Å². The molecule has 1 fully saturated rings. The zero-order valence-electron chi connectivity index (χ0n) is 9.87. The van der Waals surface area contributed by atoms with Gasteiger partial charge in [0, 0.05) is 11.6 Å². The van der Waals surface area contributed by atoms with E-state index in [1.54, 1.807) is 6.07 Å². The fourth-order valence-corrected chi connectivity index (χ4v) is 1.83. The van der Waals surface area contributed by atoms with E-state index in [-0.39, 0.29) is 29.3 Å². The molecule has 1 saturated heterocycles. The fourth-order valence-electron chi connectivity index (χ4n) is 1.71. The first-order valence-electron chi connectivity index (χ1n) is 5.54. The molecule has 6 heteroatoms. The molecule has 3 nitrogen and oxygen atoms in total. The lowest BCUT2D eigenvalue weighted by Gasteiger charge is -2.31. The number of hydrogen-bond acceptors (Lipinski definition) is 2. The second-order valence-corrected chi connectivity index (χ2v) is 4.73. The summed E-state index contributed by atoms with van der Waals surface area (Å²) >= 11 is 5.57. The molecule has 1 aromatic carbocycles. The van der Waals surface area contributed by atoms with E-state index in [1.165, 1.54) is 12.1 Å². The molecule has 0 aromatic heterocycles. The maximum atomic E-state index is 13.2. The highest BCUT2D eigenvalue weighted by molar-refractivity contribution is 6.30. The first-order valence-corrected chi connectivity index (χ1v) is 5.92. The minimum Gasteiger partial charge on any atom is -0.326 e. The van der Waals surface area contributed by atoms with Crippen LogP contribution in [-0.2, 0) is 4.79 Å². The zero-order chi connectivity index (χ0) is 12.4. The molecule has 2 N–H and O–H groups in total. The highest BCUT2D eigenvalue weighted by Crippen LogP contribution is 2.21. The predicted octanol–water partition coefficient (Wildman–Crippen LogP) is 2.69. The van der Waals surface area contributed by atoms with Crippen LogP contribution in [0.2, 0.25) is 5.02 Å². The number of hydrogen-bond donors (Lipinski definition) is 2. The fraction of sp³-hybridized carbons (Fsp3) is 0.417. The number of carbonyl (C=O) groups is 1. The Morgan fingerprint density at radius 3 is 2.72 bits per heavy atom. The van der Waals surface area contributed by atoms with Gasteiger partial charge in [-0.2, -0.15) is 0 Å². The molecule has 0 radical (unpaired) electrons. The van der Waals surface area contributed by atoms with Crippen LogP contribution >= 0.6 is 24.0 Å². The van der Waals surface area contributed by atoms with Crippen molar-refractivity contribution < 1.29 is 9.18 Å². The minimum atomic E-state index is -0.526. The molecule has 0 aliphatic carbocycles. The second kappa shape index (κ2) is 6.36. The van der Waals surface area contributed by atoms with Crippen LogP contribution in [0.4, 0.5) is 10.1 Å². The van der Waals surface area contributed by atoms with E-state index >= 15 is 0 Å². The number of nitrogens with one attached hydrogen (secondary N) is 2. The first kappa shape index (κ1) is 15.2. The lowest BCUT2D eigenvalue weighted by atomic mass is 9.88. The van der Waals surface area contributed by atoms with Crippen LogP contribution in [0, 0.1) is 17.7 Å². The lowest BCUT2D eigenvalue weighted by Crippen LogP contribution is -2.48. The molecule has 0 bridgehead atoms. The van der Waals surface area contributed by atoms with Gasteiger partial charge in [0.2, 0.25) is 5.91 Å². The molecule has 18 heavy (non-hydrogen) atoms. The molecule has 2 rings (SSSR count). The second-order valence-electron chi connectivity index (χ2n) is 4.33. The van der Waals surface area contributed by atoms with E-state index in [4.69, 9.17) is 11.6 Å². The Morgan fingerprint density at radius 1 is 1.56 bits per heavy atom. The maximum absolute atomic E-state index is 13.2. The van der Waals surface area contributed by atoms with Crippen molar-refractivity contribution >= 4 is 35.6 Å². The average molecular weight is 293 g/mol. The van der Waals surface area contributed by atoms with E-state index in [2.05, 4.69) is 10.6 Å². The molecule has 100 valence electrons. The average Bonchev–Trinajstić information content (AvgIpc) is 2.21. The monoisotopic (exact) mass is 292 g/mol. The number of rotatable bonds is 3. The van der Waals surface area contributed by atoms with E-state index < -0.39 is 5.82 Å². The highest BCUT2D eigenvalue weighted by atomic mass is 35.5. The van der Waals surface area contributed by atoms with Gasteiger partial charge < -0.3 is 10.6 Å². The van der Waals surface area contributed by atoms with Crippen LogP contribution in [0.15, 0.2) is 18.2 Å². The predicted molar refractivity (Wildman–Crippen MR) is 72.8 cm³/mol. The zero-order valence-corrected chi connectivity index (χ0v) is 11.4. The van der Waals surface area contributed by atoms with Crippen molar-refractivity contribution in [3.8, 4) is 0 Å². The summed E-state index contributed by atoms with van der Waals surface area (Å²) in [6.07, 6.45) is 0. The maximum Gasteiger partial charge on any atom is 0.227 e. The topological polar surface area (TPSA) is 41.1 Å². The first-order chi connectivity index (χ1) is 8.08. The molecule has 1 aliphatic rings. The molecule has 1 amide bonds. The third-order valence-corrected chi connectivity index (χ3v) is 3.43. The molecular formula is C12H15Cl2FN2O. The standard InChI is InChI=1S/C12H14ClFN2O.ClH/c1-7(8-5-15-6-8)12(17)16-9-2-3-10(13)11(14)4-9;/h2-4,7-8,15H,5-6H2,1H3,(H,16,17);1H. The van der Waals surface area contributed by atoms with Gasteiger partial charge in [0.25, 0.3) is 0 Å². The molecule has 1 aromatic rings. The smallest absolute Gasteiger partial charge is 0.227 e. The summed E-state index contributed by atoms with van der Waals surface area (Å²) < 4.78 is 13.2. The van der Waals surface area contributed by atoms with Gasteiger partial charge in [-0.3, -0.25) is 4.79 Å². The van der Waals surface area contributed by atoms with Gasteiger partial charge in [-0.25, -0.2) is 4.39 Å². The third kappa shape index (κ3) is 3.34. The van der Waals surface area contributed by atoms with E-state index in [0.29, 0.717) is 11.6 Å². The Balaban J connectivity index is 0.00000162. The molecule has 1 heterocycles. The summed E-state index contributed by atoms with van der Waals surface area (Å²) in [5.41, 5.74) is 0.441. The van der Waals surface area contributed by atoms with Crippen LogP contribution in [-0.4, -0.2) is 19.0 Å². The van der Waals surface area contributed by atoms with Crippen LogP contribution in [0.25, 0.3) is 0 Å². The number of anilines is 1. The van der Waals surface area contributed by atoms with Gasteiger partial charge >= 0.3 is 0 Å². The van der Waals surface area contributed by atoms with Gasteiger partial charge in [0.1, 0.15) is 5.82 Å². The van der Waals surface area contributed by atoms with Crippen molar-refractivity contribution in [3.63, 3.8) is 0 Å². The summed E-state index contributed by atoms with van der Waals surface area (Å²) in [6, 6.07) is 4.25. The van der Waals surface area contributed by atoms with E-state index in [9.17, 15) is 9.18 Å². The normalized spacial score (nSPS) is 16.4. The number of amides is 1. The van der Waals surface area contributed by atoms with Gasteiger partial charge in [-0.15, -0.1) is 12.4 Å². The Labute approximate surface area is 116 Å². The molecular weight excluding hydrogens is 278 g/mol. The molecule has 1 aliphatic heterocycles. The molecule has 1 atom stereocenters. The van der Waals surface area contributed by atoms with Crippen LogP contribution in [0.1, 0.15) is 6.92 Å². The van der Waals surface area contributed by atoms with Gasteiger partial charge in [-0.1, -0.05) is 18.5 Å². The Bertz CT molecular complexity index is 438. The van der Waals surface area contributed by atoms with Crippen LogP contribution < -0.4 is 10.6 Å².